The summed E-state index contributed by atoms with van der Waals surface area (Å²) in [5, 5.41) is 12.3. The fourth-order valence-corrected chi connectivity index (χ4v) is 5.06. The van der Waals surface area contributed by atoms with Crippen LogP contribution < -0.4 is 5.32 Å². The van der Waals surface area contributed by atoms with Crippen molar-refractivity contribution in [3.05, 3.63) is 29.8 Å². The van der Waals surface area contributed by atoms with Crippen LogP contribution in [-0.2, 0) is 9.59 Å². The Hall–Kier alpha value is -1.53. The van der Waals surface area contributed by atoms with Gasteiger partial charge in [0.05, 0.1) is 12.5 Å². The van der Waals surface area contributed by atoms with Gasteiger partial charge in [-0.25, -0.2) is 0 Å². The molecule has 134 valence electrons. The van der Waals surface area contributed by atoms with E-state index in [-0.39, 0.29) is 24.4 Å². The van der Waals surface area contributed by atoms with E-state index >= 15 is 0 Å². The molecule has 0 spiro atoms. The fourth-order valence-electron chi connectivity index (χ4n) is 3.83. The molecule has 4 rings (SSSR count). The van der Waals surface area contributed by atoms with E-state index in [1.54, 1.807) is 11.8 Å². The minimum absolute atomic E-state index is 0.0539. The van der Waals surface area contributed by atoms with Crippen LogP contribution in [0.5, 0.6) is 0 Å². The molecule has 5 nitrogen and oxygen atoms in total. The van der Waals surface area contributed by atoms with Crippen LogP contribution in [0.4, 0.5) is 0 Å². The molecule has 1 aromatic rings. The molecule has 1 aromatic carbocycles. The summed E-state index contributed by atoms with van der Waals surface area (Å²) in [5.74, 6) is 0.802. The average molecular weight is 360 g/mol. The van der Waals surface area contributed by atoms with Crippen LogP contribution in [0.25, 0.3) is 0 Å². The van der Waals surface area contributed by atoms with Crippen LogP contribution in [0, 0.1) is 5.92 Å². The number of thioether (sulfide) groups is 1. The number of nitrogens with zero attached hydrogens (tertiary/aromatic N) is 1. The Bertz CT molecular complexity index is 670. The molecule has 0 radical (unpaired) electrons. The monoisotopic (exact) mass is 360 g/mol. The third-order valence-electron chi connectivity index (χ3n) is 5.52. The molecule has 2 aliphatic carbocycles. The number of nitrogens with one attached hydrogen (secondary N) is 1. The predicted molar refractivity (Wildman–Crippen MR) is 96.8 cm³/mol. The highest BCUT2D eigenvalue weighted by Gasteiger charge is 2.39. The van der Waals surface area contributed by atoms with Gasteiger partial charge in [-0.3, -0.25) is 14.5 Å². The van der Waals surface area contributed by atoms with E-state index in [4.69, 9.17) is 5.11 Å². The lowest BCUT2D eigenvalue weighted by Gasteiger charge is -2.43. The maximum absolute atomic E-state index is 12.6. The Morgan fingerprint density at radius 1 is 1.24 bits per heavy atom. The van der Waals surface area contributed by atoms with Crippen LogP contribution in [0.2, 0.25) is 0 Å². The molecule has 1 aliphatic heterocycles. The second-order valence-corrected chi connectivity index (χ2v) is 8.56. The van der Waals surface area contributed by atoms with Crippen LogP contribution in [-0.4, -0.2) is 52.8 Å². The number of benzene rings is 1. The Kier molecular flexibility index (Phi) is 4.73. The van der Waals surface area contributed by atoms with Gasteiger partial charge in [0.1, 0.15) is 0 Å². The first-order chi connectivity index (χ1) is 12.1. The molecule has 2 fully saturated rings. The number of carbonyl (C=O) groups is 2. The van der Waals surface area contributed by atoms with Gasteiger partial charge in [0.2, 0.25) is 5.91 Å². The maximum atomic E-state index is 12.6. The summed E-state index contributed by atoms with van der Waals surface area (Å²) in [7, 11) is 0. The maximum Gasteiger partial charge on any atom is 0.317 e. The zero-order chi connectivity index (χ0) is 17.4. The molecular formula is C19H24N2O3S. The molecule has 25 heavy (non-hydrogen) atoms. The number of carbonyl (C=O) groups excluding carboxylic acids is 1. The zero-order valence-corrected chi connectivity index (χ0v) is 15.0. The molecular weight excluding hydrogens is 336 g/mol. The van der Waals surface area contributed by atoms with Crippen molar-refractivity contribution >= 4 is 23.6 Å². The number of hydrogen-bond acceptors (Lipinski definition) is 4. The van der Waals surface area contributed by atoms with Gasteiger partial charge in [-0.1, -0.05) is 18.2 Å². The van der Waals surface area contributed by atoms with Crippen LogP contribution in [0.3, 0.4) is 0 Å². The standard InChI is InChI=1S/C19H24N2O3S/c22-18(23)10-21(9-12-5-6-12)14-7-13(8-14)20-19(24)16-11-25-17-4-2-1-3-15(16)17/h1-4,12-14,16H,5-11H2,(H,20,24)(H,22,23). The summed E-state index contributed by atoms with van der Waals surface area (Å²) >= 11 is 1.75. The lowest BCUT2D eigenvalue weighted by molar-refractivity contribution is -0.140. The van der Waals surface area contributed by atoms with Crippen molar-refractivity contribution in [3.63, 3.8) is 0 Å². The third-order valence-corrected chi connectivity index (χ3v) is 6.70. The van der Waals surface area contributed by atoms with E-state index in [0.717, 1.165) is 30.7 Å². The number of amides is 1. The number of hydrogen-bond donors (Lipinski definition) is 2. The first kappa shape index (κ1) is 16.9. The molecule has 0 aromatic heterocycles. The number of rotatable bonds is 7. The van der Waals surface area contributed by atoms with E-state index in [1.165, 1.54) is 17.7 Å². The van der Waals surface area contributed by atoms with Crippen molar-refractivity contribution in [1.29, 1.82) is 0 Å². The van der Waals surface area contributed by atoms with Crippen molar-refractivity contribution in [1.82, 2.24) is 10.2 Å². The van der Waals surface area contributed by atoms with Gasteiger partial charge >= 0.3 is 5.97 Å². The number of aliphatic carboxylic acids is 1. The highest BCUT2D eigenvalue weighted by molar-refractivity contribution is 7.99. The first-order valence-corrected chi connectivity index (χ1v) is 10.1. The minimum atomic E-state index is -0.757. The zero-order valence-electron chi connectivity index (χ0n) is 14.2. The molecule has 1 atom stereocenters. The van der Waals surface area contributed by atoms with Gasteiger partial charge in [-0.2, -0.15) is 0 Å². The highest BCUT2D eigenvalue weighted by Crippen LogP contribution is 2.40. The Labute approximate surface area is 152 Å². The summed E-state index contributed by atoms with van der Waals surface area (Å²) in [5.41, 5.74) is 1.14. The van der Waals surface area contributed by atoms with E-state index in [0.29, 0.717) is 12.0 Å². The van der Waals surface area contributed by atoms with Crippen molar-refractivity contribution in [3.8, 4) is 0 Å². The molecule has 1 amide bonds. The molecule has 1 unspecified atom stereocenters. The molecule has 1 heterocycles. The Morgan fingerprint density at radius 3 is 2.72 bits per heavy atom. The first-order valence-electron chi connectivity index (χ1n) is 9.08. The van der Waals surface area contributed by atoms with Gasteiger partial charge < -0.3 is 10.4 Å². The molecule has 0 bridgehead atoms. The summed E-state index contributed by atoms with van der Waals surface area (Å²) in [6, 6.07) is 8.62. The van der Waals surface area contributed by atoms with Crippen molar-refractivity contribution in [2.45, 2.75) is 48.6 Å². The van der Waals surface area contributed by atoms with Crippen molar-refractivity contribution < 1.29 is 14.7 Å². The second-order valence-electron chi connectivity index (χ2n) is 7.50. The third kappa shape index (κ3) is 3.85. The number of carboxylic acid groups (broad SMARTS) is 1. The molecule has 2 N–H and O–H groups in total. The summed E-state index contributed by atoms with van der Waals surface area (Å²) < 4.78 is 0. The van der Waals surface area contributed by atoms with Crippen LogP contribution >= 0.6 is 11.8 Å². The minimum Gasteiger partial charge on any atom is -0.480 e. The molecule has 2 saturated carbocycles. The average Bonchev–Trinajstić information content (AvgIpc) is 3.24. The van der Waals surface area contributed by atoms with E-state index in [1.807, 2.05) is 18.2 Å². The lowest BCUT2D eigenvalue weighted by Crippen LogP contribution is -2.55. The smallest absolute Gasteiger partial charge is 0.317 e. The van der Waals surface area contributed by atoms with E-state index in [2.05, 4.69) is 16.3 Å². The topological polar surface area (TPSA) is 69.6 Å². The van der Waals surface area contributed by atoms with Gasteiger partial charge in [0.15, 0.2) is 0 Å². The van der Waals surface area contributed by atoms with Gasteiger partial charge in [-0.15, -0.1) is 11.8 Å². The fraction of sp³-hybridized carbons (Fsp3) is 0.579. The summed E-state index contributed by atoms with van der Waals surface area (Å²) in [6.07, 6.45) is 4.18. The number of carboxylic acids is 1. The van der Waals surface area contributed by atoms with E-state index < -0.39 is 5.97 Å². The normalized spacial score (nSPS) is 27.6. The van der Waals surface area contributed by atoms with Crippen LogP contribution in [0.1, 0.15) is 37.2 Å². The van der Waals surface area contributed by atoms with Crippen molar-refractivity contribution in [2.75, 3.05) is 18.8 Å². The predicted octanol–water partition coefficient (Wildman–Crippen LogP) is 2.32. The van der Waals surface area contributed by atoms with Gasteiger partial charge in [0, 0.05) is 29.3 Å². The second kappa shape index (κ2) is 7.00. The highest BCUT2D eigenvalue weighted by atomic mass is 32.2. The van der Waals surface area contributed by atoms with Gasteiger partial charge in [-0.05, 0) is 43.2 Å². The SMILES string of the molecule is O=C(O)CN(CC1CC1)C1CC(NC(=O)C2CSc3ccccc32)C1. The lowest BCUT2D eigenvalue weighted by atomic mass is 9.84. The largest absolute Gasteiger partial charge is 0.480 e. The Morgan fingerprint density at radius 2 is 2.00 bits per heavy atom. The Balaban J connectivity index is 1.29. The molecule has 0 saturated heterocycles. The quantitative estimate of drug-likeness (QED) is 0.781. The van der Waals surface area contributed by atoms with Crippen LogP contribution in [0.15, 0.2) is 29.2 Å². The van der Waals surface area contributed by atoms with Crippen molar-refractivity contribution in [2.24, 2.45) is 5.92 Å². The van der Waals surface area contributed by atoms with Gasteiger partial charge in [0.25, 0.3) is 0 Å². The summed E-state index contributed by atoms with van der Waals surface area (Å²) in [6.45, 7) is 1.01. The number of fused-ring (bicyclic) bond motifs is 1. The summed E-state index contributed by atoms with van der Waals surface area (Å²) in [4.78, 5) is 27.0. The van der Waals surface area contributed by atoms with E-state index in [9.17, 15) is 9.59 Å². The molecule has 3 aliphatic rings. The molecule has 6 heteroatoms.